The van der Waals surface area contributed by atoms with Gasteiger partial charge in [-0.15, -0.1) is 0 Å². The van der Waals surface area contributed by atoms with Crippen LogP contribution in [0.25, 0.3) is 0 Å². The molecule has 5 heteroatoms. The summed E-state index contributed by atoms with van der Waals surface area (Å²) in [6, 6.07) is 0. The number of nitrogens with one attached hydrogen (secondary N) is 1. The zero-order valence-electron chi connectivity index (χ0n) is 4.83. The molecule has 1 amide bonds. The summed E-state index contributed by atoms with van der Waals surface area (Å²) in [6.07, 6.45) is 0.592. The molecular formula is C3H8N4O. The van der Waals surface area contributed by atoms with E-state index in [0.29, 0.717) is 6.41 Å². The van der Waals surface area contributed by atoms with Gasteiger partial charge in [-0.3, -0.25) is 4.79 Å². The summed E-state index contributed by atoms with van der Waals surface area (Å²) in [7, 11) is 3.04. The van der Waals surface area contributed by atoms with Crippen LogP contribution in [0.15, 0.2) is 10.3 Å². The fraction of sp³-hybridized carbons (Fsp3) is 0.667. The van der Waals surface area contributed by atoms with Crippen molar-refractivity contribution in [2.24, 2.45) is 10.3 Å². The van der Waals surface area contributed by atoms with Gasteiger partial charge in [0.1, 0.15) is 0 Å². The molecule has 0 aromatic carbocycles. The lowest BCUT2D eigenvalue weighted by atomic mass is 11.1. The number of amides is 1. The lowest BCUT2D eigenvalue weighted by Crippen LogP contribution is -2.27. The molecule has 8 heavy (non-hydrogen) atoms. The van der Waals surface area contributed by atoms with E-state index in [4.69, 9.17) is 0 Å². The molecule has 0 unspecified atom stereocenters. The maximum Gasteiger partial charge on any atom is 0.229 e. The lowest BCUT2D eigenvalue weighted by Gasteiger charge is -2.04. The number of nitrogens with zero attached hydrogens (tertiary/aromatic N) is 3. The first-order chi connectivity index (χ1) is 3.81. The Morgan fingerprint density at radius 1 is 1.75 bits per heavy atom. The normalized spacial score (nSPS) is 9.25. The van der Waals surface area contributed by atoms with E-state index in [2.05, 4.69) is 15.9 Å². The molecule has 0 bridgehead atoms. The Balaban J connectivity index is 3.23. The quantitative estimate of drug-likeness (QED) is 0.309. The van der Waals surface area contributed by atoms with E-state index in [1.807, 2.05) is 0 Å². The number of hydrogen-bond donors (Lipinski definition) is 1. The number of carbonyl (C=O) groups excluding carboxylic acids is 1. The molecule has 0 fully saturated rings. The van der Waals surface area contributed by atoms with Crippen LogP contribution < -0.4 is 5.53 Å². The third-order valence-electron chi connectivity index (χ3n) is 0.461. The van der Waals surface area contributed by atoms with Crippen LogP contribution in [-0.4, -0.2) is 25.5 Å². The van der Waals surface area contributed by atoms with E-state index >= 15 is 0 Å². The van der Waals surface area contributed by atoms with E-state index in [9.17, 15) is 4.79 Å². The van der Waals surface area contributed by atoms with Crippen molar-refractivity contribution in [3.05, 3.63) is 0 Å². The minimum absolute atomic E-state index is 0.592. The molecule has 0 heterocycles. The second-order valence-corrected chi connectivity index (χ2v) is 1.12. The largest absolute Gasteiger partial charge is 0.277 e. The van der Waals surface area contributed by atoms with Crippen LogP contribution in [0.1, 0.15) is 0 Å². The number of rotatable bonds is 3. The van der Waals surface area contributed by atoms with Gasteiger partial charge in [-0.25, -0.2) is 5.01 Å². The van der Waals surface area contributed by atoms with Gasteiger partial charge < -0.3 is 0 Å². The van der Waals surface area contributed by atoms with Crippen LogP contribution in [0.5, 0.6) is 0 Å². The number of hydrogen-bond acceptors (Lipinski definition) is 3. The van der Waals surface area contributed by atoms with E-state index < -0.39 is 0 Å². The van der Waals surface area contributed by atoms with Gasteiger partial charge in [-0.2, -0.15) is 10.6 Å². The molecule has 0 atom stereocenters. The molecule has 0 saturated carbocycles. The molecule has 1 N–H and O–H groups in total. The first-order valence-electron chi connectivity index (χ1n) is 2.04. The van der Waals surface area contributed by atoms with Crippen LogP contribution in [-0.2, 0) is 4.79 Å². The molecule has 0 aliphatic heterocycles. The molecule has 46 valence electrons. The molecular weight excluding hydrogens is 108 g/mol. The van der Waals surface area contributed by atoms with E-state index in [1.54, 1.807) is 0 Å². The summed E-state index contributed by atoms with van der Waals surface area (Å²) in [5, 5.41) is 7.79. The van der Waals surface area contributed by atoms with Crippen LogP contribution in [0, 0.1) is 0 Å². The van der Waals surface area contributed by atoms with Gasteiger partial charge in [0.05, 0.1) is 7.05 Å². The molecule has 0 radical (unpaired) electrons. The number of hydrazine groups is 1. The number of carbonyl (C=O) groups is 1. The highest BCUT2D eigenvalue weighted by molar-refractivity contribution is 5.45. The van der Waals surface area contributed by atoms with Crippen molar-refractivity contribution in [2.75, 3.05) is 14.1 Å². The Hall–Kier alpha value is -1.13. The second kappa shape index (κ2) is 4.04. The van der Waals surface area contributed by atoms with Crippen LogP contribution >= 0.6 is 0 Å². The molecule has 0 aliphatic carbocycles. The van der Waals surface area contributed by atoms with Crippen LogP contribution in [0.4, 0.5) is 0 Å². The second-order valence-electron chi connectivity index (χ2n) is 1.12. The summed E-state index contributed by atoms with van der Waals surface area (Å²) in [4.78, 5) is 9.77. The van der Waals surface area contributed by atoms with Gasteiger partial charge in [-0.05, 0) is 0 Å². The predicted molar refractivity (Wildman–Crippen MR) is 27.7 cm³/mol. The summed E-state index contributed by atoms with van der Waals surface area (Å²) >= 11 is 0. The topological polar surface area (TPSA) is 57.1 Å². The van der Waals surface area contributed by atoms with Gasteiger partial charge in [0.25, 0.3) is 0 Å². The zero-order chi connectivity index (χ0) is 6.41. The highest BCUT2D eigenvalue weighted by atomic mass is 16.1. The highest BCUT2D eigenvalue weighted by Crippen LogP contribution is 1.64. The summed E-state index contributed by atoms with van der Waals surface area (Å²) in [5.41, 5.74) is 2.31. The van der Waals surface area contributed by atoms with E-state index in [-0.39, 0.29) is 0 Å². The Kier molecular flexibility index (Phi) is 3.47. The third-order valence-corrected chi connectivity index (χ3v) is 0.461. The Labute approximate surface area is 47.3 Å². The molecule has 0 saturated heterocycles. The van der Waals surface area contributed by atoms with Crippen molar-refractivity contribution >= 4 is 6.41 Å². The van der Waals surface area contributed by atoms with Crippen molar-refractivity contribution in [1.29, 1.82) is 0 Å². The summed E-state index contributed by atoms with van der Waals surface area (Å²) < 4.78 is 0. The van der Waals surface area contributed by atoms with Gasteiger partial charge >= 0.3 is 0 Å². The van der Waals surface area contributed by atoms with Crippen molar-refractivity contribution in [3.8, 4) is 0 Å². The van der Waals surface area contributed by atoms with Crippen LogP contribution in [0.2, 0.25) is 0 Å². The Bertz CT molecular complexity index is 91.3. The maximum atomic E-state index is 9.77. The highest BCUT2D eigenvalue weighted by Gasteiger charge is 1.81. The minimum atomic E-state index is 0.592. The fourth-order valence-corrected chi connectivity index (χ4v) is 0.139. The van der Waals surface area contributed by atoms with Crippen LogP contribution in [0.3, 0.4) is 0 Å². The monoisotopic (exact) mass is 116 g/mol. The standard InChI is InChI=1S/C3H8N4O/c1-4-5-6-7(2)3-8/h3H,1-2H3,(H,4,6). The lowest BCUT2D eigenvalue weighted by molar-refractivity contribution is -0.119. The third kappa shape index (κ3) is 3.08. The van der Waals surface area contributed by atoms with Crippen molar-refractivity contribution in [3.63, 3.8) is 0 Å². The van der Waals surface area contributed by atoms with Crippen molar-refractivity contribution in [1.82, 2.24) is 10.5 Å². The minimum Gasteiger partial charge on any atom is -0.277 e. The van der Waals surface area contributed by atoms with Crippen molar-refractivity contribution in [2.45, 2.75) is 0 Å². The average molecular weight is 116 g/mol. The summed E-state index contributed by atoms with van der Waals surface area (Å²) in [6.45, 7) is 0. The SMILES string of the molecule is CN=NNN(C)C=O. The van der Waals surface area contributed by atoms with Gasteiger partial charge in [-0.1, -0.05) is 5.22 Å². The molecule has 0 aromatic rings. The molecule has 5 nitrogen and oxygen atoms in total. The van der Waals surface area contributed by atoms with E-state index in [1.165, 1.54) is 14.1 Å². The zero-order valence-corrected chi connectivity index (χ0v) is 4.83. The molecule has 0 spiro atoms. The Morgan fingerprint density at radius 3 is 2.75 bits per heavy atom. The van der Waals surface area contributed by atoms with Gasteiger partial charge in [0.2, 0.25) is 6.41 Å². The van der Waals surface area contributed by atoms with Crippen molar-refractivity contribution < 1.29 is 4.79 Å². The first kappa shape index (κ1) is 6.87. The molecule has 0 aliphatic rings. The summed E-state index contributed by atoms with van der Waals surface area (Å²) in [5.74, 6) is 0. The van der Waals surface area contributed by atoms with E-state index in [0.717, 1.165) is 5.01 Å². The fourth-order valence-electron chi connectivity index (χ4n) is 0.139. The molecule has 0 rings (SSSR count). The van der Waals surface area contributed by atoms with Gasteiger partial charge in [0.15, 0.2) is 0 Å². The average Bonchev–Trinajstić information content (AvgIpc) is 1.83. The predicted octanol–water partition coefficient (Wildman–Crippen LogP) is -0.424. The van der Waals surface area contributed by atoms with Gasteiger partial charge in [0, 0.05) is 7.05 Å². The smallest absolute Gasteiger partial charge is 0.229 e. The molecule has 0 aromatic heterocycles. The first-order valence-corrected chi connectivity index (χ1v) is 2.04. The Morgan fingerprint density at radius 2 is 2.38 bits per heavy atom. The maximum absolute atomic E-state index is 9.77.